The first-order valence-electron chi connectivity index (χ1n) is 6.82. The smallest absolute Gasteiger partial charge is 0.336 e. The van der Waals surface area contributed by atoms with Gasteiger partial charge in [-0.2, -0.15) is 0 Å². The van der Waals surface area contributed by atoms with E-state index in [1.165, 1.54) is 0 Å². The molecule has 0 aromatic carbocycles. The minimum atomic E-state index is -2.03. The second kappa shape index (κ2) is 7.35. The van der Waals surface area contributed by atoms with E-state index in [1.807, 2.05) is 0 Å². The molecule has 0 aliphatic rings. The first kappa shape index (κ1) is 19.3. The van der Waals surface area contributed by atoms with Crippen molar-refractivity contribution in [2.45, 2.75) is 65.0 Å². The fraction of sp³-hybridized carbons (Fsp3) is 0.786. The summed E-state index contributed by atoms with van der Waals surface area (Å²) in [7, 11) is -2.03. The molecule has 0 aromatic rings. The summed E-state index contributed by atoms with van der Waals surface area (Å²) in [6, 6.07) is 0. The second-order valence-electron chi connectivity index (χ2n) is 6.35. The lowest BCUT2D eigenvalue weighted by molar-refractivity contribution is -0.283. The number of rotatable bonds is 7. The molecule has 0 bridgehead atoms. The van der Waals surface area contributed by atoms with Gasteiger partial charge in [-0.05, 0) is 32.0 Å². The molecule has 0 unspecified atom stereocenters. The van der Waals surface area contributed by atoms with Crippen LogP contribution in [0.3, 0.4) is 0 Å². The maximum absolute atomic E-state index is 11.7. The number of carbonyl (C=O) groups is 1. The highest BCUT2D eigenvalue weighted by atomic mass is 28.4. The summed E-state index contributed by atoms with van der Waals surface area (Å²) in [4.78, 5) is 16.1. The number of esters is 1. The second-order valence-corrected chi connectivity index (χ2v) is 11.1. The fourth-order valence-corrected chi connectivity index (χ4v) is 2.88. The molecule has 0 saturated heterocycles. The monoisotopic (exact) mass is 304 g/mol. The van der Waals surface area contributed by atoms with E-state index in [2.05, 4.69) is 45.3 Å². The minimum absolute atomic E-state index is 0.0204. The largest absolute Gasteiger partial charge is 0.463 e. The van der Waals surface area contributed by atoms with E-state index in [1.54, 1.807) is 13.8 Å². The Bertz CT molecular complexity index is 346. The van der Waals surface area contributed by atoms with Crippen molar-refractivity contribution in [1.82, 2.24) is 0 Å². The molecule has 20 heavy (non-hydrogen) atoms. The molecular weight excluding hydrogens is 276 g/mol. The fourth-order valence-electron chi connectivity index (χ4n) is 1.48. The molecule has 0 aliphatic heterocycles. The van der Waals surface area contributed by atoms with Crippen LogP contribution in [0.1, 0.15) is 34.6 Å². The molecule has 0 spiro atoms. The van der Waals surface area contributed by atoms with Crippen molar-refractivity contribution in [3.05, 3.63) is 12.2 Å². The van der Waals surface area contributed by atoms with E-state index in [0.717, 1.165) is 0 Å². The van der Waals surface area contributed by atoms with E-state index in [4.69, 9.17) is 14.4 Å². The zero-order valence-corrected chi connectivity index (χ0v) is 14.6. The summed E-state index contributed by atoms with van der Waals surface area (Å²) in [5.41, 5.74) is 0.0561. The lowest BCUT2D eigenvalue weighted by Gasteiger charge is -2.39. The van der Waals surface area contributed by atoms with Crippen molar-refractivity contribution in [2.75, 3.05) is 6.61 Å². The zero-order valence-electron chi connectivity index (χ0n) is 13.6. The standard InChI is InChI=1S/C14H28O5Si/c1-9-17-13(15)10(2)12(18-16)11(3)19-20(7,8)14(4,5)6/h11-12,16H,2,9H2,1,3-8H3/t11-,12-/m0/s1. The van der Waals surface area contributed by atoms with E-state index in [-0.39, 0.29) is 17.2 Å². The summed E-state index contributed by atoms with van der Waals surface area (Å²) in [5, 5.41) is 9.07. The Morgan fingerprint density at radius 3 is 2.20 bits per heavy atom. The quantitative estimate of drug-likeness (QED) is 0.257. The lowest BCUT2D eigenvalue weighted by atomic mass is 10.1. The topological polar surface area (TPSA) is 65.0 Å². The third-order valence-electron chi connectivity index (χ3n) is 3.71. The van der Waals surface area contributed by atoms with Crippen LogP contribution in [0.5, 0.6) is 0 Å². The Labute approximate surface area is 123 Å². The van der Waals surface area contributed by atoms with Gasteiger partial charge in [0.05, 0.1) is 18.3 Å². The third-order valence-corrected chi connectivity index (χ3v) is 8.28. The molecule has 0 heterocycles. The Balaban J connectivity index is 4.92. The van der Waals surface area contributed by atoms with Crippen molar-refractivity contribution in [2.24, 2.45) is 0 Å². The Hall–Kier alpha value is -0.693. The Morgan fingerprint density at radius 2 is 1.85 bits per heavy atom. The molecule has 0 aromatic heterocycles. The number of hydrogen-bond acceptors (Lipinski definition) is 5. The van der Waals surface area contributed by atoms with Crippen LogP contribution in [-0.2, 0) is 18.8 Å². The van der Waals surface area contributed by atoms with Crippen LogP contribution in [0.4, 0.5) is 0 Å². The van der Waals surface area contributed by atoms with Gasteiger partial charge in [0.1, 0.15) is 6.10 Å². The van der Waals surface area contributed by atoms with Crippen molar-refractivity contribution in [3.63, 3.8) is 0 Å². The highest BCUT2D eigenvalue weighted by Crippen LogP contribution is 2.38. The van der Waals surface area contributed by atoms with Crippen LogP contribution in [0.25, 0.3) is 0 Å². The summed E-state index contributed by atoms with van der Waals surface area (Å²) >= 11 is 0. The van der Waals surface area contributed by atoms with E-state index in [9.17, 15) is 4.79 Å². The summed E-state index contributed by atoms with van der Waals surface area (Å²) in [5.74, 6) is -0.586. The van der Waals surface area contributed by atoms with Crippen molar-refractivity contribution in [1.29, 1.82) is 0 Å². The molecule has 0 fully saturated rings. The normalized spacial score (nSPS) is 15.6. The molecule has 118 valence electrons. The summed E-state index contributed by atoms with van der Waals surface area (Å²) in [6.07, 6.45) is -1.42. The third kappa shape index (κ3) is 5.01. The first-order valence-corrected chi connectivity index (χ1v) is 9.72. The first-order chi connectivity index (χ1) is 8.97. The van der Waals surface area contributed by atoms with Crippen LogP contribution in [0.15, 0.2) is 12.2 Å². The molecule has 0 amide bonds. The molecular formula is C14H28O5Si. The molecule has 6 heteroatoms. The average molecular weight is 304 g/mol. The van der Waals surface area contributed by atoms with Gasteiger partial charge in [-0.15, -0.1) is 0 Å². The van der Waals surface area contributed by atoms with Gasteiger partial charge < -0.3 is 9.16 Å². The lowest BCUT2D eigenvalue weighted by Crippen LogP contribution is -2.47. The van der Waals surface area contributed by atoms with Crippen LogP contribution < -0.4 is 0 Å². The maximum Gasteiger partial charge on any atom is 0.336 e. The minimum Gasteiger partial charge on any atom is -0.463 e. The van der Waals surface area contributed by atoms with Gasteiger partial charge >= 0.3 is 5.97 Å². The van der Waals surface area contributed by atoms with Crippen molar-refractivity contribution < 1.29 is 24.1 Å². The van der Waals surface area contributed by atoms with Crippen molar-refractivity contribution in [3.8, 4) is 0 Å². The van der Waals surface area contributed by atoms with E-state index >= 15 is 0 Å². The van der Waals surface area contributed by atoms with E-state index < -0.39 is 26.5 Å². The summed E-state index contributed by atoms with van der Waals surface area (Å²) in [6.45, 7) is 17.8. The Kier molecular flexibility index (Phi) is 7.10. The molecule has 1 N–H and O–H groups in total. The molecule has 0 aliphatic carbocycles. The predicted molar refractivity (Wildman–Crippen MR) is 81.0 cm³/mol. The highest BCUT2D eigenvalue weighted by molar-refractivity contribution is 6.74. The summed E-state index contributed by atoms with van der Waals surface area (Å²) < 4.78 is 11.0. The zero-order chi connectivity index (χ0) is 16.1. The molecule has 5 nitrogen and oxygen atoms in total. The van der Waals surface area contributed by atoms with E-state index in [0.29, 0.717) is 0 Å². The number of carbonyl (C=O) groups excluding carboxylic acids is 1. The van der Waals surface area contributed by atoms with Crippen molar-refractivity contribution >= 4 is 14.3 Å². The van der Waals surface area contributed by atoms with Crippen LogP contribution in [0, 0.1) is 0 Å². The van der Waals surface area contributed by atoms with Gasteiger partial charge in [0.15, 0.2) is 8.32 Å². The highest BCUT2D eigenvalue weighted by Gasteiger charge is 2.41. The average Bonchev–Trinajstić information content (AvgIpc) is 2.27. The predicted octanol–water partition coefficient (Wildman–Crippen LogP) is 3.37. The molecule has 0 rings (SSSR count). The van der Waals surface area contributed by atoms with Gasteiger partial charge in [0.2, 0.25) is 0 Å². The van der Waals surface area contributed by atoms with Gasteiger partial charge in [-0.3, -0.25) is 5.26 Å². The number of ether oxygens (including phenoxy) is 1. The van der Waals surface area contributed by atoms with Gasteiger partial charge in [0.25, 0.3) is 0 Å². The SMILES string of the molecule is C=C(C(=O)OCC)[C@H](OO)[C@H](C)O[Si](C)(C)C(C)(C)C. The Morgan fingerprint density at radius 1 is 1.35 bits per heavy atom. The van der Waals surface area contributed by atoms with Gasteiger partial charge in [-0.1, -0.05) is 27.4 Å². The molecule has 2 atom stereocenters. The van der Waals surface area contributed by atoms with Crippen LogP contribution >= 0.6 is 0 Å². The maximum atomic E-state index is 11.7. The molecule has 0 saturated carbocycles. The molecule has 0 radical (unpaired) electrons. The van der Waals surface area contributed by atoms with Crippen LogP contribution in [-0.4, -0.2) is 38.4 Å². The van der Waals surface area contributed by atoms with Gasteiger partial charge in [-0.25, -0.2) is 9.68 Å². The van der Waals surface area contributed by atoms with Crippen LogP contribution in [0.2, 0.25) is 18.1 Å². The van der Waals surface area contributed by atoms with Gasteiger partial charge in [0, 0.05) is 0 Å². The number of hydrogen-bond donors (Lipinski definition) is 1.